The number of thioether (sulfide) groups is 1. The molecule has 4 heteroatoms. The Balaban J connectivity index is 1.54. The second kappa shape index (κ2) is 7.12. The van der Waals surface area contributed by atoms with Crippen molar-refractivity contribution >= 4 is 16.8 Å². The highest BCUT2D eigenvalue weighted by Crippen LogP contribution is 2.60. The maximum Gasteiger partial charge on any atom is 0.319 e. The lowest BCUT2D eigenvalue weighted by molar-refractivity contribution is -0.199. The third-order valence-electron chi connectivity index (χ3n) is 5.78. The quantitative estimate of drug-likeness (QED) is 0.392. The molecule has 4 aromatic rings. The molecule has 0 saturated heterocycles. The Morgan fingerprint density at radius 2 is 1.10 bits per heavy atom. The third-order valence-corrected chi connectivity index (χ3v) is 6.93. The van der Waals surface area contributed by atoms with Gasteiger partial charge in [-0.1, -0.05) is 120 Å². The molecule has 0 aromatic heterocycles. The fraction of sp³-hybridized carbons (Fsp3) is 0.0741. The van der Waals surface area contributed by atoms with E-state index in [4.69, 9.17) is 9.57 Å². The fourth-order valence-electron chi connectivity index (χ4n) is 4.41. The van der Waals surface area contributed by atoms with Crippen molar-refractivity contribution in [2.45, 2.75) is 10.7 Å². The first-order valence-corrected chi connectivity index (χ1v) is 11.1. The molecule has 0 unspecified atom stereocenters. The van der Waals surface area contributed by atoms with Gasteiger partial charge in [-0.05, 0) is 22.9 Å². The molecule has 0 radical (unpaired) electrons. The standard InChI is InChI=1S/C27H19NO2S/c1-4-12-20(13-5-1)25-28-30-27(31-25)24-19-11-10-18-23(24)26(29-27,21-14-6-2-7-15-21)22-16-8-3-9-17-22/h1-19H/t27-/m0/s1. The van der Waals surface area contributed by atoms with Crippen LogP contribution in [0.4, 0.5) is 0 Å². The van der Waals surface area contributed by atoms with Gasteiger partial charge in [0.05, 0.1) is 0 Å². The molecule has 0 fully saturated rings. The van der Waals surface area contributed by atoms with Gasteiger partial charge in [0.2, 0.25) is 0 Å². The molecule has 1 spiro atoms. The van der Waals surface area contributed by atoms with Crippen LogP contribution in [0.5, 0.6) is 0 Å². The van der Waals surface area contributed by atoms with E-state index in [9.17, 15) is 0 Å². The maximum atomic E-state index is 7.02. The SMILES string of the molecule is c1ccc(C2=NO[C@]3(OC(c4ccccc4)(c4ccccc4)c4ccccc43)S2)cc1. The van der Waals surface area contributed by atoms with Crippen LogP contribution >= 0.6 is 11.8 Å². The van der Waals surface area contributed by atoms with Gasteiger partial charge in [0.25, 0.3) is 0 Å². The number of benzene rings is 4. The fourth-order valence-corrected chi connectivity index (χ4v) is 5.52. The zero-order valence-electron chi connectivity index (χ0n) is 16.6. The average Bonchev–Trinajstić information content (AvgIpc) is 3.42. The van der Waals surface area contributed by atoms with Crippen molar-refractivity contribution in [2.24, 2.45) is 5.16 Å². The molecule has 0 aliphatic carbocycles. The highest BCUT2D eigenvalue weighted by molar-refractivity contribution is 8.15. The van der Waals surface area contributed by atoms with E-state index in [-0.39, 0.29) is 0 Å². The van der Waals surface area contributed by atoms with Gasteiger partial charge in [0.15, 0.2) is 0 Å². The topological polar surface area (TPSA) is 30.8 Å². The summed E-state index contributed by atoms with van der Waals surface area (Å²) >= 11 is 1.51. The van der Waals surface area contributed by atoms with Gasteiger partial charge >= 0.3 is 5.12 Å². The molecule has 2 aliphatic heterocycles. The van der Waals surface area contributed by atoms with Crippen molar-refractivity contribution in [2.75, 3.05) is 0 Å². The first-order chi connectivity index (χ1) is 15.3. The summed E-state index contributed by atoms with van der Waals surface area (Å²) in [5.41, 5.74) is 4.40. The molecular weight excluding hydrogens is 402 g/mol. The van der Waals surface area contributed by atoms with E-state index in [1.165, 1.54) is 11.8 Å². The molecule has 0 amide bonds. The van der Waals surface area contributed by atoms with Crippen molar-refractivity contribution in [1.82, 2.24) is 0 Å². The van der Waals surface area contributed by atoms with Crippen LogP contribution in [-0.4, -0.2) is 5.04 Å². The molecular formula is C27H19NO2S. The van der Waals surface area contributed by atoms with E-state index < -0.39 is 10.7 Å². The van der Waals surface area contributed by atoms with Gasteiger partial charge in [-0.2, -0.15) is 0 Å². The molecule has 150 valence electrons. The van der Waals surface area contributed by atoms with Crippen molar-refractivity contribution < 1.29 is 9.57 Å². The van der Waals surface area contributed by atoms with Crippen LogP contribution < -0.4 is 0 Å². The highest BCUT2D eigenvalue weighted by atomic mass is 32.2. The first-order valence-electron chi connectivity index (χ1n) is 10.2. The van der Waals surface area contributed by atoms with E-state index in [1.807, 2.05) is 72.8 Å². The minimum absolute atomic E-state index is 0.798. The van der Waals surface area contributed by atoms with Gasteiger partial charge in [-0.3, -0.25) is 0 Å². The summed E-state index contributed by atoms with van der Waals surface area (Å²) in [6.07, 6.45) is 0. The summed E-state index contributed by atoms with van der Waals surface area (Å²) in [5.74, 6) is 0. The number of nitrogens with zero attached hydrogens (tertiary/aromatic N) is 1. The van der Waals surface area contributed by atoms with Crippen LogP contribution in [-0.2, 0) is 20.3 Å². The van der Waals surface area contributed by atoms with Crippen LogP contribution in [0, 0.1) is 0 Å². The number of hydrogen-bond acceptors (Lipinski definition) is 4. The number of fused-ring (bicyclic) bond motifs is 2. The number of hydrogen-bond donors (Lipinski definition) is 0. The Kier molecular flexibility index (Phi) is 4.23. The van der Waals surface area contributed by atoms with Crippen LogP contribution in [0.15, 0.2) is 120 Å². The molecule has 0 saturated carbocycles. The Labute approximate surface area is 185 Å². The van der Waals surface area contributed by atoms with E-state index in [2.05, 4.69) is 47.6 Å². The predicted molar refractivity (Wildman–Crippen MR) is 124 cm³/mol. The summed E-state index contributed by atoms with van der Waals surface area (Å²) in [6.45, 7) is 0. The smallest absolute Gasteiger partial charge is 0.319 e. The summed E-state index contributed by atoms with van der Waals surface area (Å²) < 4.78 is 7.02. The lowest BCUT2D eigenvalue weighted by Gasteiger charge is -2.33. The largest absolute Gasteiger partial charge is 0.342 e. The second-order valence-electron chi connectivity index (χ2n) is 7.57. The Bertz CT molecular complexity index is 1220. The van der Waals surface area contributed by atoms with Gasteiger partial charge in [0, 0.05) is 16.7 Å². The lowest BCUT2D eigenvalue weighted by Crippen LogP contribution is -2.33. The molecule has 2 aliphatic rings. The van der Waals surface area contributed by atoms with Gasteiger partial charge in [-0.25, -0.2) is 0 Å². The molecule has 2 heterocycles. The van der Waals surface area contributed by atoms with Gasteiger partial charge < -0.3 is 9.57 Å². The lowest BCUT2D eigenvalue weighted by atomic mass is 9.80. The van der Waals surface area contributed by atoms with Crippen molar-refractivity contribution in [3.8, 4) is 0 Å². The summed E-state index contributed by atoms with van der Waals surface area (Å²) in [4.78, 5) is 6.12. The first kappa shape index (κ1) is 18.4. The van der Waals surface area contributed by atoms with Crippen molar-refractivity contribution in [3.63, 3.8) is 0 Å². The van der Waals surface area contributed by atoms with Crippen molar-refractivity contribution in [1.29, 1.82) is 0 Å². The maximum absolute atomic E-state index is 7.02. The summed E-state index contributed by atoms with van der Waals surface area (Å²) in [5, 5.41) is 4.21. The molecule has 6 rings (SSSR count). The molecule has 0 bridgehead atoms. The number of rotatable bonds is 3. The van der Waals surface area contributed by atoms with Crippen LogP contribution in [0.1, 0.15) is 27.8 Å². The second-order valence-corrected chi connectivity index (χ2v) is 8.70. The normalized spacial score (nSPS) is 20.8. The highest BCUT2D eigenvalue weighted by Gasteiger charge is 2.60. The molecule has 1 atom stereocenters. The molecule has 4 aromatic carbocycles. The van der Waals surface area contributed by atoms with Crippen LogP contribution in [0.25, 0.3) is 0 Å². The summed E-state index contributed by atoms with van der Waals surface area (Å²) in [7, 11) is 0. The number of ether oxygens (including phenoxy) is 1. The van der Waals surface area contributed by atoms with E-state index in [0.717, 1.165) is 32.9 Å². The monoisotopic (exact) mass is 421 g/mol. The van der Waals surface area contributed by atoms with E-state index in [1.54, 1.807) is 0 Å². The van der Waals surface area contributed by atoms with Crippen molar-refractivity contribution in [3.05, 3.63) is 143 Å². The average molecular weight is 422 g/mol. The van der Waals surface area contributed by atoms with E-state index >= 15 is 0 Å². The zero-order chi connectivity index (χ0) is 20.7. The van der Waals surface area contributed by atoms with Crippen LogP contribution in [0.3, 0.4) is 0 Å². The zero-order valence-corrected chi connectivity index (χ0v) is 17.5. The van der Waals surface area contributed by atoms with Gasteiger partial charge in [0.1, 0.15) is 10.6 Å². The summed E-state index contributed by atoms with van der Waals surface area (Å²) in [6, 6.07) is 39.1. The molecule has 3 nitrogen and oxygen atoms in total. The Hall–Kier alpha value is -3.34. The molecule has 0 N–H and O–H groups in total. The van der Waals surface area contributed by atoms with Crippen LogP contribution in [0.2, 0.25) is 0 Å². The minimum atomic E-state index is -1.05. The molecule has 31 heavy (non-hydrogen) atoms. The Morgan fingerprint density at radius 1 is 0.581 bits per heavy atom. The minimum Gasteiger partial charge on any atom is -0.342 e. The van der Waals surface area contributed by atoms with E-state index in [0.29, 0.717) is 0 Å². The Morgan fingerprint density at radius 3 is 1.71 bits per heavy atom. The third kappa shape index (κ3) is 2.76. The predicted octanol–water partition coefficient (Wildman–Crippen LogP) is 6.24. The number of oxime groups is 1. The van der Waals surface area contributed by atoms with Gasteiger partial charge in [-0.15, -0.1) is 0 Å².